The fraction of sp³-hybridized carbons (Fsp3) is 0.545. The molecule has 0 radical (unpaired) electrons. The average Bonchev–Trinajstić information content (AvgIpc) is 2.93. The molecule has 9 nitrogen and oxygen atoms in total. The summed E-state index contributed by atoms with van der Waals surface area (Å²) in [7, 11) is -2.62. The van der Waals surface area contributed by atoms with Crippen molar-refractivity contribution < 1.29 is 32.9 Å². The number of anilines is 1. The molecule has 0 heterocycles. The molecule has 2 N–H and O–H groups in total. The number of rotatable bonds is 18. The van der Waals surface area contributed by atoms with Crippen LogP contribution in [0.5, 0.6) is 17.2 Å². The van der Waals surface area contributed by atoms with Crippen LogP contribution in [0.2, 0.25) is 0 Å². The van der Waals surface area contributed by atoms with E-state index in [0.717, 1.165) is 37.7 Å². The first-order chi connectivity index (χ1) is 20.3. The lowest BCUT2D eigenvalue weighted by molar-refractivity contribution is 0.0729. The highest BCUT2D eigenvalue weighted by Gasteiger charge is 2.32. The second-order valence-corrected chi connectivity index (χ2v) is 13.6. The van der Waals surface area contributed by atoms with E-state index in [-0.39, 0.29) is 34.7 Å². The normalized spacial score (nSPS) is 12.4. The Balaban J connectivity index is 2.40. The summed E-state index contributed by atoms with van der Waals surface area (Å²) in [5.41, 5.74) is 0.411. The highest BCUT2D eigenvalue weighted by molar-refractivity contribution is 7.93. The van der Waals surface area contributed by atoms with E-state index in [1.807, 2.05) is 40.7 Å². The molecule has 0 spiro atoms. The zero-order valence-electron chi connectivity index (χ0n) is 26.6. The quantitative estimate of drug-likeness (QED) is 0.130. The van der Waals surface area contributed by atoms with Gasteiger partial charge in [-0.25, -0.2) is 13.2 Å². The number of phenols is 1. The molecular weight excluding hydrogens is 568 g/mol. The van der Waals surface area contributed by atoms with Gasteiger partial charge in [0.15, 0.2) is 0 Å². The fourth-order valence-electron chi connectivity index (χ4n) is 5.09. The second-order valence-electron chi connectivity index (χ2n) is 11.8. The first-order valence-electron chi connectivity index (χ1n) is 15.1. The van der Waals surface area contributed by atoms with Gasteiger partial charge in [0.2, 0.25) is 0 Å². The third-order valence-corrected chi connectivity index (χ3v) is 9.13. The summed E-state index contributed by atoms with van der Waals surface area (Å²) in [6.07, 6.45) is 6.72. The van der Waals surface area contributed by atoms with E-state index in [0.29, 0.717) is 31.6 Å². The Morgan fingerprint density at radius 2 is 1.81 bits per heavy atom. The molecule has 43 heavy (non-hydrogen) atoms. The summed E-state index contributed by atoms with van der Waals surface area (Å²) in [4.78, 5) is 13.3. The SMILES string of the molecule is C=CCCCCOc1cc(OC)ccc1S(=O)(=O)N(CCCCC)c1ccc(CCC(C)N(C(=O)O)C(C)(C)C)cc1O. The van der Waals surface area contributed by atoms with E-state index in [2.05, 4.69) is 6.58 Å². The Bertz CT molecular complexity index is 1300. The summed E-state index contributed by atoms with van der Waals surface area (Å²) in [5.74, 6) is 0.522. The minimum Gasteiger partial charge on any atom is -0.506 e. The zero-order valence-corrected chi connectivity index (χ0v) is 27.5. The molecule has 10 heteroatoms. The zero-order chi connectivity index (χ0) is 32.2. The molecule has 1 unspecified atom stereocenters. The number of hydrogen-bond donors (Lipinski definition) is 2. The monoisotopic (exact) mass is 618 g/mol. The molecule has 0 fully saturated rings. The van der Waals surface area contributed by atoms with Gasteiger partial charge >= 0.3 is 6.09 Å². The Morgan fingerprint density at radius 3 is 2.40 bits per heavy atom. The van der Waals surface area contributed by atoms with E-state index in [1.165, 1.54) is 22.4 Å². The highest BCUT2D eigenvalue weighted by Crippen LogP contribution is 2.37. The minimum absolute atomic E-state index is 0.00163. The number of phenolic OH excluding ortho intramolecular Hbond substituents is 1. The lowest BCUT2D eigenvalue weighted by atomic mass is 9.99. The van der Waals surface area contributed by atoms with Gasteiger partial charge in [-0.2, -0.15) is 0 Å². The minimum atomic E-state index is -4.13. The standard InChI is InChI=1S/C33H50N2O7S/c1-8-10-12-14-22-42-30-24-27(41-7)18-20-31(30)43(39,40)34(21-13-11-9-2)28-19-17-26(23-29(28)36)16-15-25(3)35(32(37)38)33(4,5)6/h8,17-20,23-25,36H,1,9-16,21-22H2,2-7H3,(H,37,38). The van der Waals surface area contributed by atoms with Crippen molar-refractivity contribution >= 4 is 21.8 Å². The molecule has 0 bridgehead atoms. The molecule has 2 rings (SSSR count). The molecule has 1 amide bonds. The molecule has 1 atom stereocenters. The molecule has 0 aliphatic rings. The molecule has 2 aromatic rings. The number of unbranched alkanes of at least 4 members (excludes halogenated alkanes) is 4. The van der Waals surface area contributed by atoms with Crippen LogP contribution in [0.1, 0.15) is 85.1 Å². The van der Waals surface area contributed by atoms with E-state index in [1.54, 1.807) is 30.3 Å². The average molecular weight is 619 g/mol. The molecule has 0 aliphatic carbocycles. The van der Waals surface area contributed by atoms with Gasteiger partial charge in [0.05, 0.1) is 19.4 Å². The predicted molar refractivity (Wildman–Crippen MR) is 172 cm³/mol. The number of aromatic hydroxyl groups is 1. The number of amides is 1. The predicted octanol–water partition coefficient (Wildman–Crippen LogP) is 7.62. The molecule has 2 aromatic carbocycles. The first kappa shape index (κ1) is 35.8. The van der Waals surface area contributed by atoms with Crippen molar-refractivity contribution in [3.05, 3.63) is 54.6 Å². The van der Waals surface area contributed by atoms with Crippen LogP contribution in [-0.4, -0.2) is 61.5 Å². The van der Waals surface area contributed by atoms with Crippen molar-refractivity contribution in [2.24, 2.45) is 0 Å². The van der Waals surface area contributed by atoms with Gasteiger partial charge in [-0.05, 0) is 96.0 Å². The second kappa shape index (κ2) is 16.4. The van der Waals surface area contributed by atoms with Crippen LogP contribution in [-0.2, 0) is 16.4 Å². The maximum absolute atomic E-state index is 14.2. The topological polar surface area (TPSA) is 117 Å². The van der Waals surface area contributed by atoms with Gasteiger partial charge in [0.25, 0.3) is 10.0 Å². The third-order valence-electron chi connectivity index (χ3n) is 7.27. The van der Waals surface area contributed by atoms with Gasteiger partial charge in [-0.15, -0.1) is 6.58 Å². The molecule has 0 aliphatic heterocycles. The smallest absolute Gasteiger partial charge is 0.407 e. The summed E-state index contributed by atoms with van der Waals surface area (Å²) in [6.45, 7) is 13.7. The van der Waals surface area contributed by atoms with Crippen molar-refractivity contribution in [3.8, 4) is 17.2 Å². The Kier molecular flexibility index (Phi) is 13.7. The van der Waals surface area contributed by atoms with Gasteiger partial charge in [-0.1, -0.05) is 31.9 Å². The van der Waals surface area contributed by atoms with Crippen LogP contribution in [0.3, 0.4) is 0 Å². The number of methoxy groups -OCH3 is 1. The van der Waals surface area contributed by atoms with Gasteiger partial charge in [-0.3, -0.25) is 4.31 Å². The van der Waals surface area contributed by atoms with E-state index >= 15 is 0 Å². The summed E-state index contributed by atoms with van der Waals surface area (Å²) < 4.78 is 40.9. The molecule has 0 saturated carbocycles. The number of benzene rings is 2. The van der Waals surface area contributed by atoms with Crippen LogP contribution in [0.4, 0.5) is 10.5 Å². The number of hydrogen-bond acceptors (Lipinski definition) is 6. The maximum Gasteiger partial charge on any atom is 0.407 e. The highest BCUT2D eigenvalue weighted by atomic mass is 32.2. The van der Waals surface area contributed by atoms with Crippen molar-refractivity contribution in [3.63, 3.8) is 0 Å². The Hall–Kier alpha value is -3.40. The van der Waals surface area contributed by atoms with Gasteiger partial charge < -0.3 is 24.6 Å². The van der Waals surface area contributed by atoms with Crippen LogP contribution < -0.4 is 13.8 Å². The van der Waals surface area contributed by atoms with Gasteiger partial charge in [0, 0.05) is 24.2 Å². The molecule has 240 valence electrons. The lowest BCUT2D eigenvalue weighted by Crippen LogP contribution is -2.50. The lowest BCUT2D eigenvalue weighted by Gasteiger charge is -2.38. The number of carboxylic acid groups (broad SMARTS) is 1. The fourth-order valence-corrected chi connectivity index (χ4v) is 6.72. The maximum atomic E-state index is 14.2. The molecule has 0 saturated heterocycles. The van der Waals surface area contributed by atoms with E-state index in [4.69, 9.17) is 9.47 Å². The largest absolute Gasteiger partial charge is 0.506 e. The Labute approximate surface area is 258 Å². The number of allylic oxidation sites excluding steroid dienone is 1. The summed E-state index contributed by atoms with van der Waals surface area (Å²) in [6, 6.07) is 9.37. The van der Waals surface area contributed by atoms with E-state index in [9.17, 15) is 23.4 Å². The van der Waals surface area contributed by atoms with Crippen molar-refractivity contribution in [1.29, 1.82) is 0 Å². The van der Waals surface area contributed by atoms with Gasteiger partial charge in [0.1, 0.15) is 22.1 Å². The number of sulfonamides is 1. The third kappa shape index (κ3) is 10.1. The van der Waals surface area contributed by atoms with Crippen LogP contribution >= 0.6 is 0 Å². The van der Waals surface area contributed by atoms with Crippen LogP contribution in [0.25, 0.3) is 0 Å². The number of carbonyl (C=O) groups is 1. The first-order valence-corrected chi connectivity index (χ1v) is 16.5. The van der Waals surface area contributed by atoms with Crippen molar-refractivity contribution in [2.45, 2.75) is 102 Å². The number of aryl methyl sites for hydroxylation is 1. The number of ether oxygens (including phenoxy) is 2. The van der Waals surface area contributed by atoms with Crippen LogP contribution in [0, 0.1) is 0 Å². The van der Waals surface area contributed by atoms with E-state index < -0.39 is 21.7 Å². The summed E-state index contributed by atoms with van der Waals surface area (Å²) in [5, 5.41) is 20.8. The number of nitrogens with zero attached hydrogens (tertiary/aromatic N) is 2. The van der Waals surface area contributed by atoms with Crippen molar-refractivity contribution in [1.82, 2.24) is 4.90 Å². The Morgan fingerprint density at radius 1 is 1.09 bits per heavy atom. The van der Waals surface area contributed by atoms with Crippen molar-refractivity contribution in [2.75, 3.05) is 24.6 Å². The summed E-state index contributed by atoms with van der Waals surface area (Å²) >= 11 is 0. The molecular formula is C33H50N2O7S. The van der Waals surface area contributed by atoms with Crippen LogP contribution in [0.15, 0.2) is 53.9 Å². The molecule has 0 aromatic heterocycles.